The predicted octanol–water partition coefficient (Wildman–Crippen LogP) is 0.682. The van der Waals surface area contributed by atoms with Crippen molar-refractivity contribution in [1.29, 1.82) is 0 Å². The van der Waals surface area contributed by atoms with Crippen LogP contribution in [0.15, 0.2) is 35.3 Å². The highest BCUT2D eigenvalue weighted by atomic mass is 16.4. The molecule has 38 heavy (non-hydrogen) atoms. The number of carboxylic acids is 3. The zero-order valence-corrected chi connectivity index (χ0v) is 20.5. The molecule has 0 saturated carbocycles. The molecule has 0 aliphatic carbocycles. The van der Waals surface area contributed by atoms with E-state index < -0.39 is 35.4 Å². The zero-order chi connectivity index (χ0) is 28.4. The summed E-state index contributed by atoms with van der Waals surface area (Å²) in [7, 11) is 0. The molecule has 3 rings (SSSR count). The first-order chi connectivity index (χ1) is 17.9. The number of nitrogens with one attached hydrogen (secondary N) is 3. The summed E-state index contributed by atoms with van der Waals surface area (Å²) in [6, 6.07) is 4.86. The summed E-state index contributed by atoms with van der Waals surface area (Å²) < 4.78 is 0. The average molecular weight is 530 g/mol. The summed E-state index contributed by atoms with van der Waals surface area (Å²) in [6.45, 7) is 3.51. The highest BCUT2D eigenvalue weighted by molar-refractivity contribution is 5.97. The molecule has 15 nitrogen and oxygen atoms in total. The Kier molecular flexibility index (Phi) is 10.2. The number of benzene rings is 1. The van der Waals surface area contributed by atoms with E-state index in [-0.39, 0.29) is 48.0 Å². The second-order valence-electron chi connectivity index (χ2n) is 8.21. The fourth-order valence-corrected chi connectivity index (χ4v) is 2.75. The number of anilines is 2. The second kappa shape index (κ2) is 13.3. The van der Waals surface area contributed by atoms with Crippen LogP contribution in [-0.2, 0) is 20.9 Å². The van der Waals surface area contributed by atoms with Gasteiger partial charge in [-0.15, -0.1) is 0 Å². The maximum absolute atomic E-state index is 12.3. The molecule has 3 aromatic rings. The Morgan fingerprint density at radius 2 is 1.66 bits per heavy atom. The number of nitrogen functional groups attached to an aromatic ring is 1. The van der Waals surface area contributed by atoms with Gasteiger partial charge in [0.15, 0.2) is 11.2 Å². The summed E-state index contributed by atoms with van der Waals surface area (Å²) in [5, 5.41) is 31.2. The Balaban J connectivity index is 0.000000757. The van der Waals surface area contributed by atoms with Gasteiger partial charge in [-0.25, -0.2) is 14.8 Å². The van der Waals surface area contributed by atoms with Gasteiger partial charge in [-0.05, 0) is 30.7 Å². The van der Waals surface area contributed by atoms with Crippen molar-refractivity contribution in [3.8, 4) is 0 Å². The van der Waals surface area contributed by atoms with E-state index in [4.69, 9.17) is 21.1 Å². The van der Waals surface area contributed by atoms with E-state index in [1.165, 1.54) is 18.3 Å². The van der Waals surface area contributed by atoms with Crippen LogP contribution in [0.2, 0.25) is 0 Å². The third-order valence-electron chi connectivity index (χ3n) is 4.85. The van der Waals surface area contributed by atoms with Gasteiger partial charge in [-0.1, -0.05) is 13.8 Å². The first-order valence-corrected chi connectivity index (χ1v) is 11.2. The van der Waals surface area contributed by atoms with Gasteiger partial charge in [-0.3, -0.25) is 24.2 Å². The molecular formula is C23H27N7O8. The molecule has 0 saturated heterocycles. The van der Waals surface area contributed by atoms with Crippen LogP contribution in [-0.4, -0.2) is 65.1 Å². The molecule has 0 bridgehead atoms. The molecule has 0 aliphatic heterocycles. The number of aliphatic carboxylic acids is 3. The number of nitrogens with two attached hydrogens (primary N) is 1. The van der Waals surface area contributed by atoms with Crippen LogP contribution in [0.3, 0.4) is 0 Å². The number of amides is 1. The third-order valence-corrected chi connectivity index (χ3v) is 4.85. The lowest BCUT2D eigenvalue weighted by Crippen LogP contribution is -2.41. The molecule has 15 heteroatoms. The number of carbonyl (C=O) groups excluding carboxylic acids is 1. The van der Waals surface area contributed by atoms with E-state index in [0.717, 1.165) is 0 Å². The van der Waals surface area contributed by atoms with Gasteiger partial charge < -0.3 is 31.7 Å². The average Bonchev–Trinajstić information content (AvgIpc) is 2.85. The van der Waals surface area contributed by atoms with Crippen LogP contribution < -0.4 is 21.9 Å². The van der Waals surface area contributed by atoms with Crippen molar-refractivity contribution in [2.45, 2.75) is 39.3 Å². The number of aromatic nitrogens is 4. The molecular weight excluding hydrogens is 502 g/mol. The van der Waals surface area contributed by atoms with Gasteiger partial charge in [-0.2, -0.15) is 4.98 Å². The minimum atomic E-state index is -1.31. The summed E-state index contributed by atoms with van der Waals surface area (Å²) in [5.74, 6) is -4.13. The van der Waals surface area contributed by atoms with Gasteiger partial charge in [0, 0.05) is 17.7 Å². The van der Waals surface area contributed by atoms with Crippen LogP contribution in [0.5, 0.6) is 0 Å². The van der Waals surface area contributed by atoms with E-state index >= 15 is 0 Å². The van der Waals surface area contributed by atoms with Crippen LogP contribution in [0.1, 0.15) is 42.7 Å². The standard InChI is InChI=1S/C19H19N7O6.C4H8O2/c20-19-25-15-14(17(30)26-19)23-11(8-22-15)7-21-10-3-1-9(2-4-10)16(29)24-12(18(31)32)5-6-13(27)28;1-3(2)4(5)6/h1-4,8,12,21H,5-7H2,(H,24,29)(H,27,28)(H,31,32)(H3,20,22,25,26,30);3H,1-2H3,(H,5,6). The van der Waals surface area contributed by atoms with Crippen molar-refractivity contribution in [2.75, 3.05) is 11.1 Å². The molecule has 1 unspecified atom stereocenters. The summed E-state index contributed by atoms with van der Waals surface area (Å²) in [6.07, 6.45) is 0.840. The summed E-state index contributed by atoms with van der Waals surface area (Å²) in [4.78, 5) is 70.3. The number of rotatable bonds is 10. The Hall–Kier alpha value is -5.08. The van der Waals surface area contributed by atoms with Crippen molar-refractivity contribution in [3.63, 3.8) is 0 Å². The van der Waals surface area contributed by atoms with Crippen LogP contribution >= 0.6 is 0 Å². The third kappa shape index (κ3) is 8.85. The molecule has 2 aromatic heterocycles. The lowest BCUT2D eigenvalue weighted by Gasteiger charge is -2.14. The van der Waals surface area contributed by atoms with Gasteiger partial charge in [0.25, 0.3) is 11.5 Å². The fraction of sp³-hybridized carbons (Fsp3) is 0.304. The Morgan fingerprint density at radius 1 is 1.03 bits per heavy atom. The maximum Gasteiger partial charge on any atom is 0.326 e. The molecule has 0 fully saturated rings. The predicted molar refractivity (Wildman–Crippen MR) is 134 cm³/mol. The van der Waals surface area contributed by atoms with Crippen LogP contribution in [0, 0.1) is 5.92 Å². The largest absolute Gasteiger partial charge is 0.481 e. The highest BCUT2D eigenvalue weighted by Gasteiger charge is 2.21. The molecule has 202 valence electrons. The maximum atomic E-state index is 12.3. The lowest BCUT2D eigenvalue weighted by atomic mass is 10.1. The summed E-state index contributed by atoms with van der Waals surface area (Å²) >= 11 is 0. The van der Waals surface area contributed by atoms with E-state index in [2.05, 4.69) is 30.6 Å². The zero-order valence-electron chi connectivity index (χ0n) is 20.5. The smallest absolute Gasteiger partial charge is 0.326 e. The van der Waals surface area contributed by atoms with Crippen molar-refractivity contribution < 1.29 is 34.5 Å². The molecule has 1 amide bonds. The normalized spacial score (nSPS) is 11.2. The number of aromatic amines is 1. The minimum Gasteiger partial charge on any atom is -0.481 e. The number of carboxylic acid groups (broad SMARTS) is 3. The van der Waals surface area contributed by atoms with E-state index in [9.17, 15) is 24.0 Å². The Bertz CT molecular complexity index is 1370. The SMILES string of the molecule is CC(C)C(=O)O.Nc1nc2ncc(CNc3ccc(C(=O)NC(CCC(=O)O)C(=O)O)cc3)nc2c(=O)[nH]1. The molecule has 0 spiro atoms. The number of fused-ring (bicyclic) bond motifs is 1. The molecule has 0 radical (unpaired) electrons. The quantitative estimate of drug-likeness (QED) is 0.191. The van der Waals surface area contributed by atoms with Crippen molar-refractivity contribution in [2.24, 2.45) is 5.92 Å². The van der Waals surface area contributed by atoms with Crippen molar-refractivity contribution in [1.82, 2.24) is 25.3 Å². The monoisotopic (exact) mass is 529 g/mol. The Morgan fingerprint density at radius 3 is 2.21 bits per heavy atom. The molecule has 1 atom stereocenters. The van der Waals surface area contributed by atoms with Gasteiger partial charge >= 0.3 is 17.9 Å². The van der Waals surface area contributed by atoms with Gasteiger partial charge in [0.1, 0.15) is 6.04 Å². The summed E-state index contributed by atoms with van der Waals surface area (Å²) in [5.41, 5.74) is 6.47. The Labute approximate surface area is 215 Å². The van der Waals surface area contributed by atoms with Crippen LogP contribution in [0.25, 0.3) is 11.2 Å². The number of carbonyl (C=O) groups is 4. The first-order valence-electron chi connectivity index (χ1n) is 11.2. The fourth-order valence-electron chi connectivity index (χ4n) is 2.75. The number of hydrogen-bond acceptors (Lipinski definition) is 10. The van der Waals surface area contributed by atoms with E-state index in [0.29, 0.717) is 11.4 Å². The van der Waals surface area contributed by atoms with Crippen LogP contribution in [0.4, 0.5) is 11.6 Å². The minimum absolute atomic E-state index is 0.0524. The highest BCUT2D eigenvalue weighted by Crippen LogP contribution is 2.12. The topological polar surface area (TPSA) is 251 Å². The van der Waals surface area contributed by atoms with E-state index in [1.54, 1.807) is 26.0 Å². The van der Waals surface area contributed by atoms with Crippen molar-refractivity contribution in [3.05, 3.63) is 52.1 Å². The molecule has 2 heterocycles. The molecule has 8 N–H and O–H groups in total. The second-order valence-corrected chi connectivity index (χ2v) is 8.21. The van der Waals surface area contributed by atoms with E-state index in [1.807, 2.05) is 0 Å². The molecule has 1 aromatic carbocycles. The van der Waals surface area contributed by atoms with Gasteiger partial charge in [0.05, 0.1) is 24.4 Å². The van der Waals surface area contributed by atoms with Gasteiger partial charge in [0.2, 0.25) is 5.95 Å². The number of hydrogen-bond donors (Lipinski definition) is 7. The number of H-pyrrole nitrogens is 1. The molecule has 0 aliphatic rings. The number of nitrogens with zero attached hydrogens (tertiary/aromatic N) is 3. The van der Waals surface area contributed by atoms with Crippen molar-refractivity contribution >= 4 is 46.6 Å². The lowest BCUT2D eigenvalue weighted by molar-refractivity contribution is -0.141. The first kappa shape index (κ1) is 29.2.